The molecule has 126 valence electrons. The van der Waals surface area contributed by atoms with Crippen LogP contribution in [0.5, 0.6) is 0 Å². The Morgan fingerprint density at radius 2 is 2.12 bits per heavy atom. The minimum Gasteiger partial charge on any atom is -0.461 e. The Morgan fingerprint density at radius 3 is 2.79 bits per heavy atom. The minimum atomic E-state index is -1.35. The molecular formula is C18H20N2O4. The first kappa shape index (κ1) is 16.3. The first-order valence-corrected chi connectivity index (χ1v) is 7.80. The number of H-pyrrole nitrogens is 2. The van der Waals surface area contributed by atoms with E-state index in [1.807, 2.05) is 30.3 Å². The van der Waals surface area contributed by atoms with Gasteiger partial charge >= 0.3 is 5.97 Å². The lowest BCUT2D eigenvalue weighted by Crippen LogP contribution is -2.50. The fourth-order valence-electron chi connectivity index (χ4n) is 3.51. The normalized spacial score (nSPS) is 25.8. The second-order valence-electron chi connectivity index (χ2n) is 6.29. The zero-order chi connectivity index (χ0) is 17.3. The van der Waals surface area contributed by atoms with Crippen LogP contribution < -0.4 is 5.56 Å². The van der Waals surface area contributed by atoms with Gasteiger partial charge in [-0.05, 0) is 12.5 Å². The van der Waals surface area contributed by atoms with Crippen molar-refractivity contribution in [2.75, 3.05) is 6.61 Å². The Hall–Kier alpha value is -2.60. The van der Waals surface area contributed by atoms with Gasteiger partial charge in [-0.2, -0.15) is 0 Å². The number of aliphatic hydroxyl groups is 1. The fourth-order valence-corrected chi connectivity index (χ4v) is 3.51. The molecule has 0 saturated carbocycles. The predicted molar refractivity (Wildman–Crippen MR) is 88.7 cm³/mol. The Labute approximate surface area is 139 Å². The molecule has 1 aliphatic carbocycles. The van der Waals surface area contributed by atoms with E-state index in [1.54, 1.807) is 6.92 Å². The van der Waals surface area contributed by atoms with E-state index in [9.17, 15) is 14.7 Å². The van der Waals surface area contributed by atoms with Gasteiger partial charge in [-0.25, -0.2) is 0 Å². The summed E-state index contributed by atoms with van der Waals surface area (Å²) >= 11 is 0. The number of nitrogens with one attached hydrogen (secondary N) is 2. The predicted octanol–water partition coefficient (Wildman–Crippen LogP) is 1.49. The number of carbonyl (C=O) groups is 1. The monoisotopic (exact) mass is 328 g/mol. The molecule has 0 amide bonds. The number of rotatable bonds is 4. The summed E-state index contributed by atoms with van der Waals surface area (Å²) in [7, 11) is 0. The highest BCUT2D eigenvalue weighted by Gasteiger charge is 2.51. The summed E-state index contributed by atoms with van der Waals surface area (Å²) in [6.45, 7) is 5.19. The van der Waals surface area contributed by atoms with Crippen molar-refractivity contribution in [3.05, 3.63) is 70.2 Å². The van der Waals surface area contributed by atoms with Crippen LogP contribution in [0.1, 0.15) is 29.7 Å². The summed E-state index contributed by atoms with van der Waals surface area (Å²) in [5, 5.41) is 16.3. The van der Waals surface area contributed by atoms with Crippen LogP contribution in [-0.2, 0) is 16.0 Å². The van der Waals surface area contributed by atoms with E-state index >= 15 is 0 Å². The van der Waals surface area contributed by atoms with Crippen LogP contribution >= 0.6 is 0 Å². The molecule has 1 aliphatic rings. The van der Waals surface area contributed by atoms with E-state index < -0.39 is 23.4 Å². The molecule has 0 unspecified atom stereocenters. The number of esters is 1. The lowest BCUT2D eigenvalue weighted by atomic mass is 9.66. The molecule has 6 nitrogen and oxygen atoms in total. The van der Waals surface area contributed by atoms with Gasteiger partial charge in [0.05, 0.1) is 11.5 Å². The third-order valence-electron chi connectivity index (χ3n) is 4.50. The molecule has 3 rings (SSSR count). The maximum absolute atomic E-state index is 12.6. The Bertz CT molecular complexity index is 804. The second kappa shape index (κ2) is 6.13. The third kappa shape index (κ3) is 2.69. The highest BCUT2D eigenvalue weighted by atomic mass is 16.5. The molecule has 0 spiro atoms. The Morgan fingerprint density at radius 1 is 1.42 bits per heavy atom. The van der Waals surface area contributed by atoms with Gasteiger partial charge in [0.1, 0.15) is 6.61 Å². The van der Waals surface area contributed by atoms with Gasteiger partial charge in [0.25, 0.3) is 5.56 Å². The lowest BCUT2D eigenvalue weighted by molar-refractivity contribution is -0.158. The van der Waals surface area contributed by atoms with E-state index in [-0.39, 0.29) is 18.6 Å². The number of hydrogen-bond acceptors (Lipinski definition) is 4. The zero-order valence-electron chi connectivity index (χ0n) is 13.4. The van der Waals surface area contributed by atoms with Gasteiger partial charge in [-0.15, -0.1) is 0 Å². The molecule has 0 fully saturated rings. The number of ether oxygens (including phenoxy) is 1. The molecule has 1 heterocycles. The molecule has 0 bridgehead atoms. The van der Waals surface area contributed by atoms with E-state index in [1.165, 1.54) is 6.08 Å². The van der Waals surface area contributed by atoms with Crippen LogP contribution in [0.25, 0.3) is 0 Å². The summed E-state index contributed by atoms with van der Waals surface area (Å²) in [6, 6.07) is 9.22. The number of fused-ring (bicyclic) bond motifs is 1. The maximum atomic E-state index is 12.6. The van der Waals surface area contributed by atoms with Crippen LogP contribution in [0.15, 0.2) is 47.8 Å². The molecule has 1 aromatic heterocycles. The second-order valence-corrected chi connectivity index (χ2v) is 6.29. The summed E-state index contributed by atoms with van der Waals surface area (Å²) in [5.41, 5.74) is 0.247. The largest absolute Gasteiger partial charge is 0.461 e. The van der Waals surface area contributed by atoms with E-state index in [2.05, 4.69) is 16.8 Å². The Balaban J connectivity index is 2.16. The van der Waals surface area contributed by atoms with Crippen LogP contribution in [0.3, 0.4) is 0 Å². The average molecular weight is 328 g/mol. The molecule has 6 heteroatoms. The first-order valence-electron chi connectivity index (χ1n) is 7.80. The quantitative estimate of drug-likeness (QED) is 0.585. The topological polar surface area (TPSA) is 95.2 Å². The molecule has 2 aromatic rings. The summed E-state index contributed by atoms with van der Waals surface area (Å²) in [6.07, 6.45) is 1.64. The van der Waals surface area contributed by atoms with Crippen LogP contribution in [0.4, 0.5) is 0 Å². The molecule has 0 saturated heterocycles. The van der Waals surface area contributed by atoms with Gasteiger partial charge in [0.2, 0.25) is 0 Å². The van der Waals surface area contributed by atoms with Crippen molar-refractivity contribution < 1.29 is 14.6 Å². The van der Waals surface area contributed by atoms with E-state index in [4.69, 9.17) is 4.74 Å². The van der Waals surface area contributed by atoms with E-state index in [0.29, 0.717) is 11.3 Å². The van der Waals surface area contributed by atoms with Gasteiger partial charge in [0, 0.05) is 23.6 Å². The molecular weight excluding hydrogens is 308 g/mol. The van der Waals surface area contributed by atoms with Gasteiger partial charge in [-0.3, -0.25) is 14.7 Å². The van der Waals surface area contributed by atoms with Crippen molar-refractivity contribution in [3.8, 4) is 0 Å². The molecule has 3 N–H and O–H groups in total. The molecule has 1 aromatic carbocycles. The molecule has 0 radical (unpaired) electrons. The zero-order valence-corrected chi connectivity index (χ0v) is 13.4. The van der Waals surface area contributed by atoms with Gasteiger partial charge < -0.3 is 14.9 Å². The van der Waals surface area contributed by atoms with Crippen molar-refractivity contribution >= 4 is 5.97 Å². The average Bonchev–Trinajstić information content (AvgIpc) is 2.91. The highest BCUT2D eigenvalue weighted by molar-refractivity contribution is 5.77. The minimum absolute atomic E-state index is 0.0588. The standard InChI is InChI=1S/C18H20N2O4/c1-3-9-24-17(22)15-13(11-7-5-4-6-8-11)14-12(10-18(15,2)23)19-20-16(14)21/h3-8,13,15,23H,1,9-10H2,2H3,(H2,19,20,21)/t13-,15-,18+/m1/s1. The fraction of sp³-hybridized carbons (Fsp3) is 0.333. The van der Waals surface area contributed by atoms with Crippen LogP contribution in [-0.4, -0.2) is 33.5 Å². The summed E-state index contributed by atoms with van der Waals surface area (Å²) in [5.74, 6) is -2.01. The smallest absolute Gasteiger partial charge is 0.313 e. The first-order chi connectivity index (χ1) is 11.5. The van der Waals surface area contributed by atoms with Crippen LogP contribution in [0.2, 0.25) is 0 Å². The summed E-state index contributed by atoms with van der Waals surface area (Å²) < 4.78 is 5.21. The highest BCUT2D eigenvalue weighted by Crippen LogP contribution is 2.44. The number of aromatic nitrogens is 2. The van der Waals surface area contributed by atoms with Crippen molar-refractivity contribution in [2.45, 2.75) is 24.9 Å². The van der Waals surface area contributed by atoms with Crippen molar-refractivity contribution in [1.82, 2.24) is 10.2 Å². The number of hydrogen-bond donors (Lipinski definition) is 3. The SMILES string of the molecule is C=CCOC(=O)[C@H]1[C@H](c2ccccc2)c2c([nH][nH]c2=O)C[C@]1(C)O. The number of benzene rings is 1. The number of aromatic amines is 2. The van der Waals surface area contributed by atoms with Crippen molar-refractivity contribution in [1.29, 1.82) is 0 Å². The lowest BCUT2D eigenvalue weighted by Gasteiger charge is -2.40. The Kier molecular flexibility index (Phi) is 4.15. The molecule has 24 heavy (non-hydrogen) atoms. The van der Waals surface area contributed by atoms with Crippen molar-refractivity contribution in [3.63, 3.8) is 0 Å². The van der Waals surface area contributed by atoms with Crippen molar-refractivity contribution in [2.24, 2.45) is 5.92 Å². The summed E-state index contributed by atoms with van der Waals surface area (Å²) in [4.78, 5) is 25.0. The van der Waals surface area contributed by atoms with E-state index in [0.717, 1.165) is 5.56 Å². The maximum Gasteiger partial charge on any atom is 0.313 e. The van der Waals surface area contributed by atoms with Gasteiger partial charge in [-0.1, -0.05) is 43.0 Å². The van der Waals surface area contributed by atoms with Gasteiger partial charge in [0.15, 0.2) is 0 Å². The molecule has 0 aliphatic heterocycles. The molecule has 3 atom stereocenters. The number of carbonyl (C=O) groups excluding carboxylic acids is 1. The third-order valence-corrected chi connectivity index (χ3v) is 4.50. The van der Waals surface area contributed by atoms with Crippen LogP contribution in [0, 0.1) is 5.92 Å².